The number of hydrogen-bond donors (Lipinski definition) is 1. The highest BCUT2D eigenvalue weighted by atomic mass is 35.5. The van der Waals surface area contributed by atoms with Gasteiger partial charge in [0.2, 0.25) is 0 Å². The number of benzene rings is 2. The van der Waals surface area contributed by atoms with Gasteiger partial charge in [0.1, 0.15) is 5.75 Å². The highest BCUT2D eigenvalue weighted by Crippen LogP contribution is 2.21. The third kappa shape index (κ3) is 5.75. The summed E-state index contributed by atoms with van der Waals surface area (Å²) in [6.07, 6.45) is 0. The number of nitro groups is 1. The van der Waals surface area contributed by atoms with Gasteiger partial charge < -0.3 is 14.8 Å². The van der Waals surface area contributed by atoms with Gasteiger partial charge in [0.15, 0.2) is 13.2 Å². The highest BCUT2D eigenvalue weighted by molar-refractivity contribution is 6.30. The number of halogens is 1. The number of nitrogens with one attached hydrogen (secondary N) is 1. The molecule has 0 fully saturated rings. The summed E-state index contributed by atoms with van der Waals surface area (Å²) in [4.78, 5) is 33.4. The number of carbonyl (C=O) groups is 2. The Kier molecular flexibility index (Phi) is 6.51. The fraction of sp³-hybridized carbons (Fsp3) is 0.176. The lowest BCUT2D eigenvalue weighted by Gasteiger charge is -2.09. The van der Waals surface area contributed by atoms with Crippen molar-refractivity contribution in [2.45, 2.75) is 6.92 Å². The quantitative estimate of drug-likeness (QED) is 0.450. The van der Waals surface area contributed by atoms with Gasteiger partial charge in [0, 0.05) is 22.8 Å². The van der Waals surface area contributed by atoms with Gasteiger partial charge in [-0.3, -0.25) is 14.9 Å². The van der Waals surface area contributed by atoms with Crippen molar-refractivity contribution in [1.29, 1.82) is 0 Å². The Hall–Kier alpha value is -3.13. The molecule has 0 aliphatic heterocycles. The zero-order valence-corrected chi connectivity index (χ0v) is 14.5. The predicted octanol–water partition coefficient (Wildman–Crippen LogP) is 3.12. The van der Waals surface area contributed by atoms with Crippen molar-refractivity contribution in [3.05, 3.63) is 63.2 Å². The summed E-state index contributed by atoms with van der Waals surface area (Å²) in [5, 5.41) is 13.6. The molecule has 136 valence electrons. The minimum absolute atomic E-state index is 0.0935. The average molecular weight is 379 g/mol. The molecule has 2 aromatic carbocycles. The molecule has 0 heterocycles. The number of carbonyl (C=O) groups excluding carboxylic acids is 2. The normalized spacial score (nSPS) is 10.1. The summed E-state index contributed by atoms with van der Waals surface area (Å²) in [5.41, 5.74) is 1.02. The summed E-state index contributed by atoms with van der Waals surface area (Å²) in [5.74, 6) is -0.797. The van der Waals surface area contributed by atoms with Gasteiger partial charge in [-0.2, -0.15) is 0 Å². The molecular formula is C17H15ClN2O6. The average Bonchev–Trinajstić information content (AvgIpc) is 2.59. The minimum Gasteiger partial charge on any atom is -0.482 e. The van der Waals surface area contributed by atoms with Crippen LogP contribution in [-0.4, -0.2) is 30.0 Å². The maximum absolute atomic E-state index is 11.7. The van der Waals surface area contributed by atoms with Crippen LogP contribution in [0.4, 0.5) is 11.4 Å². The van der Waals surface area contributed by atoms with Crippen LogP contribution in [0.1, 0.15) is 5.56 Å². The van der Waals surface area contributed by atoms with E-state index in [4.69, 9.17) is 21.1 Å². The molecule has 9 heteroatoms. The lowest BCUT2D eigenvalue weighted by molar-refractivity contribution is -0.384. The van der Waals surface area contributed by atoms with Crippen LogP contribution in [0.5, 0.6) is 5.75 Å². The summed E-state index contributed by atoms with van der Waals surface area (Å²) >= 11 is 5.83. The van der Waals surface area contributed by atoms with Gasteiger partial charge in [-0.05, 0) is 42.8 Å². The second-order valence-corrected chi connectivity index (χ2v) is 5.65. The van der Waals surface area contributed by atoms with Crippen molar-refractivity contribution in [1.82, 2.24) is 0 Å². The van der Waals surface area contributed by atoms with E-state index in [0.29, 0.717) is 16.5 Å². The van der Waals surface area contributed by atoms with E-state index in [-0.39, 0.29) is 12.3 Å². The van der Waals surface area contributed by atoms with E-state index in [0.717, 1.165) is 5.56 Å². The van der Waals surface area contributed by atoms with Crippen LogP contribution < -0.4 is 10.1 Å². The molecule has 0 aliphatic carbocycles. The number of ether oxygens (including phenoxy) is 2. The Balaban J connectivity index is 1.76. The molecule has 0 saturated heterocycles. The van der Waals surface area contributed by atoms with Crippen molar-refractivity contribution in [2.75, 3.05) is 18.5 Å². The van der Waals surface area contributed by atoms with Gasteiger partial charge in [0.05, 0.1) is 4.92 Å². The first-order valence-electron chi connectivity index (χ1n) is 7.44. The number of rotatable bonds is 7. The number of nitrogens with zero attached hydrogens (tertiary/aromatic N) is 1. The van der Waals surface area contributed by atoms with E-state index in [1.807, 2.05) is 0 Å². The molecule has 0 radical (unpaired) electrons. The zero-order valence-electron chi connectivity index (χ0n) is 13.7. The van der Waals surface area contributed by atoms with E-state index in [2.05, 4.69) is 5.32 Å². The van der Waals surface area contributed by atoms with Gasteiger partial charge in [-0.15, -0.1) is 0 Å². The number of amides is 1. The Labute approximate surface area is 153 Å². The van der Waals surface area contributed by atoms with Crippen LogP contribution in [0.3, 0.4) is 0 Å². The Morgan fingerprint density at radius 3 is 2.46 bits per heavy atom. The molecule has 8 nitrogen and oxygen atoms in total. The molecule has 0 atom stereocenters. The van der Waals surface area contributed by atoms with E-state index < -0.39 is 23.4 Å². The molecule has 0 saturated carbocycles. The van der Waals surface area contributed by atoms with Crippen molar-refractivity contribution < 1.29 is 24.0 Å². The first-order valence-corrected chi connectivity index (χ1v) is 7.82. The largest absolute Gasteiger partial charge is 0.482 e. The standard InChI is InChI=1S/C17H15ClN2O6/c1-11-8-12(18)2-7-15(11)25-10-17(22)26-9-16(21)19-13-3-5-14(6-4-13)20(23)24/h2-8H,9-10H2,1H3,(H,19,21). The SMILES string of the molecule is Cc1cc(Cl)ccc1OCC(=O)OCC(=O)Nc1ccc([N+](=O)[O-])cc1. The van der Waals surface area contributed by atoms with E-state index >= 15 is 0 Å². The van der Waals surface area contributed by atoms with Crippen molar-refractivity contribution in [3.63, 3.8) is 0 Å². The second kappa shape index (κ2) is 8.82. The molecule has 1 N–H and O–H groups in total. The number of esters is 1. The van der Waals surface area contributed by atoms with Crippen molar-refractivity contribution in [2.24, 2.45) is 0 Å². The lowest BCUT2D eigenvalue weighted by atomic mass is 10.2. The van der Waals surface area contributed by atoms with Gasteiger partial charge in [0.25, 0.3) is 11.6 Å². The van der Waals surface area contributed by atoms with Gasteiger partial charge in [-0.25, -0.2) is 4.79 Å². The first-order chi connectivity index (χ1) is 12.3. The number of non-ortho nitro benzene ring substituents is 1. The highest BCUT2D eigenvalue weighted by Gasteiger charge is 2.11. The topological polar surface area (TPSA) is 108 Å². The molecule has 2 rings (SSSR count). The number of hydrogen-bond acceptors (Lipinski definition) is 6. The van der Waals surface area contributed by atoms with Crippen molar-refractivity contribution in [3.8, 4) is 5.75 Å². The molecule has 0 bridgehead atoms. The lowest BCUT2D eigenvalue weighted by Crippen LogP contribution is -2.23. The summed E-state index contributed by atoms with van der Waals surface area (Å²) in [6.45, 7) is 0.927. The van der Waals surface area contributed by atoms with Crippen LogP contribution >= 0.6 is 11.6 Å². The van der Waals surface area contributed by atoms with Crippen LogP contribution in [0.2, 0.25) is 5.02 Å². The van der Waals surface area contributed by atoms with Crippen LogP contribution in [0, 0.1) is 17.0 Å². The predicted molar refractivity (Wildman–Crippen MR) is 94.4 cm³/mol. The fourth-order valence-corrected chi connectivity index (χ4v) is 2.19. The smallest absolute Gasteiger partial charge is 0.344 e. The van der Waals surface area contributed by atoms with Gasteiger partial charge in [-0.1, -0.05) is 11.6 Å². The molecule has 0 aromatic heterocycles. The molecular weight excluding hydrogens is 364 g/mol. The molecule has 0 spiro atoms. The monoisotopic (exact) mass is 378 g/mol. The molecule has 0 unspecified atom stereocenters. The summed E-state index contributed by atoms with van der Waals surface area (Å²) in [7, 11) is 0. The third-order valence-corrected chi connectivity index (χ3v) is 3.44. The number of anilines is 1. The minimum atomic E-state index is -0.710. The number of nitro benzene ring substituents is 1. The summed E-state index contributed by atoms with van der Waals surface area (Å²) in [6, 6.07) is 10.2. The second-order valence-electron chi connectivity index (χ2n) is 5.21. The maximum atomic E-state index is 11.7. The molecule has 2 aromatic rings. The maximum Gasteiger partial charge on any atom is 0.344 e. The van der Waals surface area contributed by atoms with Crippen LogP contribution in [-0.2, 0) is 14.3 Å². The molecule has 26 heavy (non-hydrogen) atoms. The van der Waals surface area contributed by atoms with Crippen molar-refractivity contribution >= 4 is 34.9 Å². The Bertz CT molecular complexity index is 823. The first kappa shape index (κ1) is 19.2. The van der Waals surface area contributed by atoms with Crippen LogP contribution in [0.15, 0.2) is 42.5 Å². The Morgan fingerprint density at radius 1 is 1.15 bits per heavy atom. The zero-order chi connectivity index (χ0) is 19.1. The van der Waals surface area contributed by atoms with E-state index in [9.17, 15) is 19.7 Å². The molecule has 1 amide bonds. The third-order valence-electron chi connectivity index (χ3n) is 3.21. The Morgan fingerprint density at radius 2 is 1.85 bits per heavy atom. The summed E-state index contributed by atoms with van der Waals surface area (Å²) < 4.78 is 10.1. The van der Waals surface area contributed by atoms with Crippen LogP contribution in [0.25, 0.3) is 0 Å². The number of aryl methyl sites for hydroxylation is 1. The van der Waals surface area contributed by atoms with Gasteiger partial charge >= 0.3 is 5.97 Å². The molecule has 0 aliphatic rings. The van der Waals surface area contributed by atoms with E-state index in [1.54, 1.807) is 25.1 Å². The fourth-order valence-electron chi connectivity index (χ4n) is 1.96. The van der Waals surface area contributed by atoms with E-state index in [1.165, 1.54) is 24.3 Å².